The van der Waals surface area contributed by atoms with Gasteiger partial charge >= 0.3 is 0 Å². The van der Waals surface area contributed by atoms with E-state index in [4.69, 9.17) is 5.73 Å². The zero-order chi connectivity index (χ0) is 25.3. The van der Waals surface area contributed by atoms with Crippen LogP contribution in [0.4, 0.5) is 4.39 Å². The maximum Gasteiger partial charge on any atom is 0.243 e. The summed E-state index contributed by atoms with van der Waals surface area (Å²) >= 11 is 1.34. The lowest BCUT2D eigenvalue weighted by Gasteiger charge is -2.39. The summed E-state index contributed by atoms with van der Waals surface area (Å²) in [6, 6.07) is 2.81. The normalized spacial score (nSPS) is 18.6. The van der Waals surface area contributed by atoms with E-state index in [1.54, 1.807) is 6.26 Å². The molecule has 4 N–H and O–H groups in total. The molecule has 0 aliphatic carbocycles. The SMILES string of the molecule is CSCC(=O)N[C@H]1CCN(C(=O)CCC(=O)[O-])[C@H](C(=O)N[C@@H](Cc2ccc(F)cc2)C(N)=O)C1. The summed E-state index contributed by atoms with van der Waals surface area (Å²) in [4.78, 5) is 61.8. The number of piperidine rings is 1. The highest BCUT2D eigenvalue weighted by molar-refractivity contribution is 7.99. The summed E-state index contributed by atoms with van der Waals surface area (Å²) in [6.07, 6.45) is 1.43. The molecule has 1 aliphatic heterocycles. The molecule has 0 radical (unpaired) electrons. The van der Waals surface area contributed by atoms with E-state index in [9.17, 15) is 33.5 Å². The zero-order valence-corrected chi connectivity index (χ0v) is 19.6. The minimum absolute atomic E-state index is 0.0145. The van der Waals surface area contributed by atoms with Gasteiger partial charge in [-0.1, -0.05) is 12.1 Å². The Morgan fingerprint density at radius 1 is 1.21 bits per heavy atom. The van der Waals surface area contributed by atoms with Gasteiger partial charge in [0.15, 0.2) is 0 Å². The van der Waals surface area contributed by atoms with Crippen LogP contribution < -0.4 is 21.5 Å². The molecule has 1 aliphatic rings. The Labute approximate surface area is 200 Å². The third kappa shape index (κ3) is 8.32. The third-order valence-corrected chi connectivity index (χ3v) is 5.97. The average molecular weight is 496 g/mol. The smallest absolute Gasteiger partial charge is 0.243 e. The van der Waals surface area contributed by atoms with Gasteiger partial charge < -0.3 is 31.2 Å². The number of rotatable bonds is 11. The molecule has 0 saturated carbocycles. The largest absolute Gasteiger partial charge is 0.550 e. The van der Waals surface area contributed by atoms with Crippen molar-refractivity contribution in [2.24, 2.45) is 5.73 Å². The molecule has 0 unspecified atom stereocenters. The van der Waals surface area contributed by atoms with Crippen molar-refractivity contribution in [1.82, 2.24) is 15.5 Å². The Morgan fingerprint density at radius 2 is 1.88 bits per heavy atom. The van der Waals surface area contributed by atoms with Crippen molar-refractivity contribution >= 4 is 41.4 Å². The van der Waals surface area contributed by atoms with Crippen LogP contribution in [-0.4, -0.2) is 71.2 Å². The van der Waals surface area contributed by atoms with Gasteiger partial charge in [-0.3, -0.25) is 19.2 Å². The second kappa shape index (κ2) is 12.9. The number of carbonyl (C=O) groups excluding carboxylic acids is 5. The molecular weight excluding hydrogens is 467 g/mol. The number of amides is 4. The van der Waals surface area contributed by atoms with Crippen molar-refractivity contribution in [3.05, 3.63) is 35.6 Å². The van der Waals surface area contributed by atoms with E-state index in [1.165, 1.54) is 40.9 Å². The lowest BCUT2D eigenvalue weighted by atomic mass is 9.95. The topological polar surface area (TPSA) is 162 Å². The highest BCUT2D eigenvalue weighted by atomic mass is 32.2. The Bertz CT molecular complexity index is 913. The second-order valence-electron chi connectivity index (χ2n) is 7.99. The number of halogens is 1. The fourth-order valence-corrected chi connectivity index (χ4v) is 4.09. The third-order valence-electron chi connectivity index (χ3n) is 5.42. The standard InChI is InChI=1S/C22H29FN4O6S/c1-34-12-18(28)25-15-8-9-27(19(29)6-7-20(30)31)17(11-15)22(33)26-16(21(24)32)10-13-2-4-14(23)5-3-13/h2-5,15-17H,6-12H2,1H3,(H2,24,32)(H,25,28)(H,26,33)(H,30,31)/p-1/t15-,16-,17-/m0/s1. The molecule has 186 valence electrons. The minimum Gasteiger partial charge on any atom is -0.550 e. The lowest BCUT2D eigenvalue weighted by molar-refractivity contribution is -0.305. The molecule has 1 saturated heterocycles. The van der Waals surface area contributed by atoms with Crippen molar-refractivity contribution in [3.8, 4) is 0 Å². The molecule has 0 aromatic heterocycles. The fraction of sp³-hybridized carbons (Fsp3) is 0.500. The van der Waals surface area contributed by atoms with Gasteiger partial charge in [-0.2, -0.15) is 11.8 Å². The number of thioether (sulfide) groups is 1. The van der Waals surface area contributed by atoms with Crippen LogP contribution in [0.15, 0.2) is 24.3 Å². The van der Waals surface area contributed by atoms with Gasteiger partial charge in [0.1, 0.15) is 17.9 Å². The molecule has 3 atom stereocenters. The first-order chi connectivity index (χ1) is 16.1. The maximum absolute atomic E-state index is 13.2. The predicted molar refractivity (Wildman–Crippen MR) is 121 cm³/mol. The van der Waals surface area contributed by atoms with Crippen molar-refractivity contribution < 1.29 is 33.5 Å². The monoisotopic (exact) mass is 495 g/mol. The number of aliphatic carboxylic acids is 1. The van der Waals surface area contributed by atoms with Crippen molar-refractivity contribution in [3.63, 3.8) is 0 Å². The first-order valence-corrected chi connectivity index (χ1v) is 12.1. The molecule has 1 aromatic carbocycles. The van der Waals surface area contributed by atoms with Crippen LogP contribution in [-0.2, 0) is 30.4 Å². The number of carboxylic acid groups (broad SMARTS) is 1. The molecule has 1 aromatic rings. The lowest BCUT2D eigenvalue weighted by Crippen LogP contribution is -2.60. The number of hydrogen-bond acceptors (Lipinski definition) is 7. The van der Waals surface area contributed by atoms with Crippen molar-refractivity contribution in [2.45, 2.75) is 50.2 Å². The number of nitrogens with zero attached hydrogens (tertiary/aromatic N) is 1. The van der Waals surface area contributed by atoms with Crippen LogP contribution in [0.25, 0.3) is 0 Å². The van der Waals surface area contributed by atoms with E-state index in [-0.39, 0.29) is 43.5 Å². The average Bonchev–Trinajstić information content (AvgIpc) is 2.78. The van der Waals surface area contributed by atoms with Crippen molar-refractivity contribution in [1.29, 1.82) is 0 Å². The Balaban J connectivity index is 2.16. The second-order valence-corrected chi connectivity index (χ2v) is 8.86. The van der Waals surface area contributed by atoms with Gasteiger partial charge in [-0.15, -0.1) is 0 Å². The molecular formula is C22H28FN4O6S-. The van der Waals surface area contributed by atoms with E-state index in [2.05, 4.69) is 10.6 Å². The molecule has 1 fully saturated rings. The van der Waals surface area contributed by atoms with Crippen LogP contribution in [0.3, 0.4) is 0 Å². The number of nitrogens with one attached hydrogen (secondary N) is 2. The maximum atomic E-state index is 13.2. The predicted octanol–water partition coefficient (Wildman–Crippen LogP) is -1.29. The summed E-state index contributed by atoms with van der Waals surface area (Å²) in [7, 11) is 0. The van der Waals surface area contributed by atoms with Crippen LogP contribution in [0.1, 0.15) is 31.2 Å². The van der Waals surface area contributed by atoms with Crippen LogP contribution in [0, 0.1) is 5.82 Å². The molecule has 34 heavy (non-hydrogen) atoms. The van der Waals surface area contributed by atoms with E-state index < -0.39 is 48.0 Å². The summed E-state index contributed by atoms with van der Waals surface area (Å²) in [6.45, 7) is 0.118. The van der Waals surface area contributed by atoms with E-state index in [0.717, 1.165) is 0 Å². The number of likely N-dealkylation sites (tertiary alicyclic amines) is 1. The highest BCUT2D eigenvalue weighted by Gasteiger charge is 2.37. The molecule has 4 amide bonds. The molecule has 10 nitrogen and oxygen atoms in total. The summed E-state index contributed by atoms with van der Waals surface area (Å²) in [5, 5.41) is 16.1. The number of carboxylic acids is 1. The fourth-order valence-electron chi connectivity index (χ4n) is 3.74. The van der Waals surface area contributed by atoms with Gasteiger partial charge in [-0.05, 0) is 43.2 Å². The zero-order valence-electron chi connectivity index (χ0n) is 18.8. The van der Waals surface area contributed by atoms with Gasteiger partial charge in [0.2, 0.25) is 23.6 Å². The van der Waals surface area contributed by atoms with Gasteiger partial charge in [0.25, 0.3) is 0 Å². The molecule has 0 spiro atoms. The van der Waals surface area contributed by atoms with Gasteiger partial charge in [0.05, 0.1) is 5.75 Å². The number of carbonyl (C=O) groups is 5. The minimum atomic E-state index is -1.39. The van der Waals surface area contributed by atoms with Crippen molar-refractivity contribution in [2.75, 3.05) is 18.6 Å². The first-order valence-electron chi connectivity index (χ1n) is 10.7. The van der Waals surface area contributed by atoms with Gasteiger partial charge in [-0.25, -0.2) is 4.39 Å². The Kier molecular flexibility index (Phi) is 10.3. The highest BCUT2D eigenvalue weighted by Crippen LogP contribution is 2.20. The van der Waals surface area contributed by atoms with E-state index in [1.807, 2.05) is 0 Å². The van der Waals surface area contributed by atoms with Crippen LogP contribution >= 0.6 is 11.8 Å². The van der Waals surface area contributed by atoms with Crippen LogP contribution in [0.5, 0.6) is 0 Å². The molecule has 2 rings (SSSR count). The number of nitrogens with two attached hydrogens (primary N) is 1. The van der Waals surface area contributed by atoms with E-state index >= 15 is 0 Å². The number of hydrogen-bond donors (Lipinski definition) is 3. The molecule has 0 bridgehead atoms. The van der Waals surface area contributed by atoms with Gasteiger partial charge in [0, 0.05) is 31.4 Å². The Morgan fingerprint density at radius 3 is 2.47 bits per heavy atom. The van der Waals surface area contributed by atoms with Crippen LogP contribution in [0.2, 0.25) is 0 Å². The summed E-state index contributed by atoms with van der Waals surface area (Å²) in [5.74, 6) is -3.83. The quantitative estimate of drug-likeness (QED) is 0.344. The molecule has 12 heteroatoms. The first kappa shape index (κ1) is 27.1. The van der Waals surface area contributed by atoms with E-state index in [0.29, 0.717) is 12.0 Å². The number of benzene rings is 1. The summed E-state index contributed by atoms with van der Waals surface area (Å²) in [5.41, 5.74) is 6.02. The summed E-state index contributed by atoms with van der Waals surface area (Å²) < 4.78 is 13.2. The molecule has 1 heterocycles. The number of primary amides is 1. The Hall–Kier alpha value is -3.15.